The minimum atomic E-state index is 0.418. The van der Waals surface area contributed by atoms with Crippen molar-refractivity contribution in [2.24, 2.45) is 0 Å². The molecule has 0 bridgehead atoms. The number of halogens is 2. The maximum Gasteiger partial charge on any atom is 0.125 e. The van der Waals surface area contributed by atoms with Crippen molar-refractivity contribution in [2.45, 2.75) is 24.8 Å². The zero-order chi connectivity index (χ0) is 10.4. The summed E-state index contributed by atoms with van der Waals surface area (Å²) >= 11 is 12.0. The number of aromatic nitrogens is 3. The number of nitrogens with zero attached hydrogens (tertiary/aromatic N) is 3. The molecule has 78 valence electrons. The van der Waals surface area contributed by atoms with E-state index >= 15 is 0 Å². The van der Waals surface area contributed by atoms with Gasteiger partial charge in [-0.2, -0.15) is 0 Å². The van der Waals surface area contributed by atoms with Crippen LogP contribution in [-0.2, 0) is 5.88 Å². The van der Waals surface area contributed by atoms with E-state index in [1.165, 1.54) is 12.8 Å². The molecule has 0 saturated heterocycles. The Balaban J connectivity index is 2.35. The molecule has 0 unspecified atom stereocenters. The molecule has 1 aliphatic carbocycles. The maximum absolute atomic E-state index is 6.14. The van der Waals surface area contributed by atoms with Crippen LogP contribution < -0.4 is 0 Å². The molecule has 0 aromatic carbocycles. The number of alkyl halides is 1. The molecule has 0 spiro atoms. The third-order valence-electron chi connectivity index (χ3n) is 2.65. The van der Waals surface area contributed by atoms with Crippen molar-refractivity contribution in [3.05, 3.63) is 23.2 Å². The zero-order valence-corrected chi connectivity index (χ0v) is 9.46. The summed E-state index contributed by atoms with van der Waals surface area (Å²) in [6.45, 7) is 0. The van der Waals surface area contributed by atoms with Gasteiger partial charge in [0.2, 0.25) is 0 Å². The van der Waals surface area contributed by atoms with Crippen LogP contribution in [0.3, 0.4) is 0 Å². The summed E-state index contributed by atoms with van der Waals surface area (Å²) in [5.74, 6) is 1.31. The number of rotatable bonds is 2. The molecule has 1 saturated carbocycles. The lowest BCUT2D eigenvalue weighted by molar-refractivity contribution is 0.728. The van der Waals surface area contributed by atoms with Gasteiger partial charge < -0.3 is 4.57 Å². The highest BCUT2D eigenvalue weighted by atomic mass is 35.5. The Labute approximate surface area is 97.0 Å². The van der Waals surface area contributed by atoms with Crippen molar-refractivity contribution < 1.29 is 0 Å². The van der Waals surface area contributed by atoms with Gasteiger partial charge in [-0.15, -0.1) is 11.6 Å². The minimum absolute atomic E-state index is 0.418. The van der Waals surface area contributed by atoms with Crippen molar-refractivity contribution in [2.75, 3.05) is 0 Å². The molecule has 0 aliphatic heterocycles. The molecule has 3 rings (SSSR count). The number of pyridine rings is 1. The van der Waals surface area contributed by atoms with Crippen LogP contribution in [0.4, 0.5) is 0 Å². The lowest BCUT2D eigenvalue weighted by Gasteiger charge is -2.05. The second-order valence-corrected chi connectivity index (χ2v) is 4.43. The number of hydrogen-bond acceptors (Lipinski definition) is 2. The predicted octanol–water partition coefficient (Wildman–Crippen LogP) is 3.16. The second-order valence-electron chi connectivity index (χ2n) is 3.75. The van der Waals surface area contributed by atoms with E-state index in [0.29, 0.717) is 16.9 Å². The van der Waals surface area contributed by atoms with Gasteiger partial charge in [0.15, 0.2) is 0 Å². The van der Waals surface area contributed by atoms with Gasteiger partial charge in [-0.05, 0) is 12.8 Å². The monoisotopic (exact) mass is 241 g/mol. The third kappa shape index (κ3) is 1.42. The molecule has 0 atom stereocenters. The molecule has 0 N–H and O–H groups in total. The van der Waals surface area contributed by atoms with Crippen molar-refractivity contribution in [1.82, 2.24) is 14.5 Å². The molecular weight excluding hydrogens is 233 g/mol. The van der Waals surface area contributed by atoms with Gasteiger partial charge >= 0.3 is 0 Å². The Kier molecular flexibility index (Phi) is 2.11. The summed E-state index contributed by atoms with van der Waals surface area (Å²) in [6, 6.07) is 0.531. The van der Waals surface area contributed by atoms with Gasteiger partial charge in [0.05, 0.1) is 22.6 Å². The van der Waals surface area contributed by atoms with Crippen molar-refractivity contribution >= 4 is 34.2 Å². The molecular formula is C10H9Cl2N3. The third-order valence-corrected chi connectivity index (χ3v) is 3.17. The van der Waals surface area contributed by atoms with Gasteiger partial charge in [-0.1, -0.05) is 11.6 Å². The average Bonchev–Trinajstić information content (AvgIpc) is 2.99. The first kappa shape index (κ1) is 9.43. The van der Waals surface area contributed by atoms with Crippen LogP contribution in [0.5, 0.6) is 0 Å². The largest absolute Gasteiger partial charge is 0.323 e. The fourth-order valence-corrected chi connectivity index (χ4v) is 2.31. The molecule has 0 amide bonds. The van der Waals surface area contributed by atoms with Crippen molar-refractivity contribution in [3.8, 4) is 0 Å². The number of hydrogen-bond donors (Lipinski definition) is 0. The van der Waals surface area contributed by atoms with Gasteiger partial charge in [0.1, 0.15) is 11.3 Å². The first-order valence-corrected chi connectivity index (χ1v) is 5.79. The molecule has 5 heteroatoms. The first-order valence-electron chi connectivity index (χ1n) is 4.87. The zero-order valence-electron chi connectivity index (χ0n) is 7.95. The Hall–Kier alpha value is -0.800. The highest BCUT2D eigenvalue weighted by Crippen LogP contribution is 2.40. The summed E-state index contributed by atoms with van der Waals surface area (Å²) in [7, 11) is 0. The highest BCUT2D eigenvalue weighted by Gasteiger charge is 2.28. The Bertz CT molecular complexity index is 517. The van der Waals surface area contributed by atoms with Gasteiger partial charge in [-0.25, -0.2) is 4.98 Å². The second kappa shape index (κ2) is 3.35. The molecule has 2 aromatic rings. The van der Waals surface area contributed by atoms with Crippen LogP contribution in [0.25, 0.3) is 11.0 Å². The summed E-state index contributed by atoms with van der Waals surface area (Å²) < 4.78 is 2.16. The van der Waals surface area contributed by atoms with Crippen LogP contribution in [0.15, 0.2) is 12.4 Å². The molecule has 3 nitrogen and oxygen atoms in total. The smallest absolute Gasteiger partial charge is 0.125 e. The lowest BCUT2D eigenvalue weighted by Crippen LogP contribution is -1.99. The van der Waals surface area contributed by atoms with Crippen molar-refractivity contribution in [3.63, 3.8) is 0 Å². The van der Waals surface area contributed by atoms with Crippen LogP contribution in [0.1, 0.15) is 24.7 Å². The van der Waals surface area contributed by atoms with E-state index < -0.39 is 0 Å². The van der Waals surface area contributed by atoms with Crippen molar-refractivity contribution in [1.29, 1.82) is 0 Å². The van der Waals surface area contributed by atoms with Gasteiger partial charge in [0, 0.05) is 12.2 Å². The molecule has 15 heavy (non-hydrogen) atoms. The van der Waals surface area contributed by atoms with E-state index in [-0.39, 0.29) is 0 Å². The molecule has 1 aliphatic rings. The summed E-state index contributed by atoms with van der Waals surface area (Å²) in [5.41, 5.74) is 1.81. The number of fused-ring (bicyclic) bond motifs is 1. The van der Waals surface area contributed by atoms with Crippen LogP contribution in [-0.4, -0.2) is 14.5 Å². The predicted molar refractivity (Wildman–Crippen MR) is 60.4 cm³/mol. The molecule has 2 aromatic heterocycles. The number of imidazole rings is 1. The molecule has 0 radical (unpaired) electrons. The van der Waals surface area contributed by atoms with E-state index in [2.05, 4.69) is 14.5 Å². The Morgan fingerprint density at radius 2 is 2.20 bits per heavy atom. The van der Waals surface area contributed by atoms with Gasteiger partial charge in [-0.3, -0.25) is 4.98 Å². The average molecular weight is 242 g/mol. The summed E-state index contributed by atoms with van der Waals surface area (Å²) in [5, 5.41) is 0.656. The minimum Gasteiger partial charge on any atom is -0.323 e. The fourth-order valence-electron chi connectivity index (χ4n) is 1.88. The van der Waals surface area contributed by atoms with E-state index in [1.54, 1.807) is 12.4 Å². The molecule has 2 heterocycles. The van der Waals surface area contributed by atoms with E-state index in [0.717, 1.165) is 16.9 Å². The normalized spacial score (nSPS) is 16.1. The van der Waals surface area contributed by atoms with E-state index in [1.807, 2.05) is 0 Å². The van der Waals surface area contributed by atoms with Gasteiger partial charge in [0.25, 0.3) is 0 Å². The standard InChI is InChI=1S/C10H9Cl2N3/c11-3-9-14-8-5-13-4-7(12)10(8)15(9)6-1-2-6/h4-6H,1-3H2. The SMILES string of the molecule is ClCc1nc2cncc(Cl)c2n1C1CC1. The maximum atomic E-state index is 6.14. The van der Waals surface area contributed by atoms with E-state index in [4.69, 9.17) is 23.2 Å². The lowest BCUT2D eigenvalue weighted by atomic mass is 10.4. The molecule has 1 fully saturated rings. The van der Waals surface area contributed by atoms with Crippen LogP contribution >= 0.6 is 23.2 Å². The Morgan fingerprint density at radius 1 is 1.40 bits per heavy atom. The van der Waals surface area contributed by atoms with Crippen LogP contribution in [0, 0.1) is 0 Å². The van der Waals surface area contributed by atoms with E-state index in [9.17, 15) is 0 Å². The highest BCUT2D eigenvalue weighted by molar-refractivity contribution is 6.34. The fraction of sp³-hybridized carbons (Fsp3) is 0.400. The topological polar surface area (TPSA) is 30.7 Å². The summed E-state index contributed by atoms with van der Waals surface area (Å²) in [6.07, 6.45) is 5.76. The Morgan fingerprint density at radius 3 is 2.87 bits per heavy atom. The van der Waals surface area contributed by atoms with Crippen LogP contribution in [0.2, 0.25) is 5.02 Å². The summed E-state index contributed by atoms with van der Waals surface area (Å²) in [4.78, 5) is 8.47. The quantitative estimate of drug-likeness (QED) is 0.757. The first-order chi connectivity index (χ1) is 7.31.